The van der Waals surface area contributed by atoms with Crippen molar-refractivity contribution in [1.29, 1.82) is 0 Å². The Hall–Kier alpha value is -1.75. The standard InChI is InChI=1S/C15H19N3OS/c16-13-5-6-14(17-8-7-12-2-1-9-20-12)18-15(13)19-10-11-3-4-11/h1-2,5-6,9,11H,3-4,7-8,10,16H2,(H,17,18). The van der Waals surface area contributed by atoms with Gasteiger partial charge in [-0.2, -0.15) is 4.98 Å². The Morgan fingerprint density at radius 2 is 2.25 bits per heavy atom. The van der Waals surface area contributed by atoms with Crippen molar-refractivity contribution < 1.29 is 4.74 Å². The molecule has 0 aromatic carbocycles. The van der Waals surface area contributed by atoms with E-state index >= 15 is 0 Å². The average molecular weight is 289 g/mol. The second-order valence-corrected chi connectivity index (χ2v) is 6.13. The third-order valence-electron chi connectivity index (χ3n) is 3.30. The van der Waals surface area contributed by atoms with E-state index in [0.717, 1.165) is 25.4 Å². The molecule has 3 rings (SSSR count). The van der Waals surface area contributed by atoms with Gasteiger partial charge in [0.2, 0.25) is 5.88 Å². The molecular formula is C15H19N3OS. The monoisotopic (exact) mass is 289 g/mol. The summed E-state index contributed by atoms with van der Waals surface area (Å²) >= 11 is 1.78. The Balaban J connectivity index is 1.53. The molecule has 106 valence electrons. The Morgan fingerprint density at radius 1 is 1.35 bits per heavy atom. The summed E-state index contributed by atoms with van der Waals surface area (Å²) in [5.41, 5.74) is 6.49. The van der Waals surface area contributed by atoms with Crippen LogP contribution in [0, 0.1) is 5.92 Å². The third-order valence-corrected chi connectivity index (χ3v) is 4.24. The zero-order valence-electron chi connectivity index (χ0n) is 11.3. The van der Waals surface area contributed by atoms with Crippen LogP contribution in [0.25, 0.3) is 0 Å². The minimum atomic E-state index is 0.554. The predicted molar refractivity (Wildman–Crippen MR) is 83.4 cm³/mol. The molecule has 0 radical (unpaired) electrons. The summed E-state index contributed by atoms with van der Waals surface area (Å²) in [5, 5.41) is 5.41. The lowest BCUT2D eigenvalue weighted by molar-refractivity contribution is 0.290. The molecule has 0 spiro atoms. The maximum atomic E-state index is 5.89. The molecule has 0 atom stereocenters. The van der Waals surface area contributed by atoms with Gasteiger partial charge in [-0.25, -0.2) is 0 Å². The molecule has 1 saturated carbocycles. The van der Waals surface area contributed by atoms with Crippen LogP contribution in [0.5, 0.6) is 5.88 Å². The molecule has 2 aromatic heterocycles. The fourth-order valence-electron chi connectivity index (χ4n) is 1.92. The Kier molecular flexibility index (Phi) is 4.06. The van der Waals surface area contributed by atoms with E-state index in [0.29, 0.717) is 17.5 Å². The maximum Gasteiger partial charge on any atom is 0.239 e. The molecular weight excluding hydrogens is 270 g/mol. The van der Waals surface area contributed by atoms with Crippen LogP contribution in [0.2, 0.25) is 0 Å². The van der Waals surface area contributed by atoms with E-state index in [2.05, 4.69) is 27.8 Å². The Labute approximate surface area is 123 Å². The molecule has 1 aliphatic rings. The van der Waals surface area contributed by atoms with Gasteiger partial charge in [-0.05, 0) is 48.8 Å². The summed E-state index contributed by atoms with van der Waals surface area (Å²) in [7, 11) is 0. The summed E-state index contributed by atoms with van der Waals surface area (Å²) in [6.45, 7) is 1.59. The lowest BCUT2D eigenvalue weighted by Crippen LogP contribution is -2.08. The van der Waals surface area contributed by atoms with Crippen molar-refractivity contribution in [2.75, 3.05) is 24.2 Å². The van der Waals surface area contributed by atoms with E-state index in [-0.39, 0.29) is 0 Å². The van der Waals surface area contributed by atoms with Crippen LogP contribution in [-0.2, 0) is 6.42 Å². The fraction of sp³-hybridized carbons (Fsp3) is 0.400. The predicted octanol–water partition coefficient (Wildman–Crippen LogP) is 3.17. The van der Waals surface area contributed by atoms with Gasteiger partial charge in [0.15, 0.2) is 0 Å². The van der Waals surface area contributed by atoms with Gasteiger partial charge < -0.3 is 15.8 Å². The molecule has 20 heavy (non-hydrogen) atoms. The lowest BCUT2D eigenvalue weighted by Gasteiger charge is -2.10. The number of hydrogen-bond donors (Lipinski definition) is 2. The number of nitrogen functional groups attached to an aromatic ring is 1. The number of aromatic nitrogens is 1. The first kappa shape index (κ1) is 13.2. The van der Waals surface area contributed by atoms with Crippen LogP contribution < -0.4 is 15.8 Å². The quantitative estimate of drug-likeness (QED) is 0.822. The fourth-order valence-corrected chi connectivity index (χ4v) is 2.62. The Bertz CT molecular complexity index is 552. The van der Waals surface area contributed by atoms with Gasteiger partial charge in [-0.15, -0.1) is 11.3 Å². The van der Waals surface area contributed by atoms with Gasteiger partial charge >= 0.3 is 0 Å². The molecule has 1 aliphatic carbocycles. The first-order valence-electron chi connectivity index (χ1n) is 6.97. The maximum absolute atomic E-state index is 5.89. The highest BCUT2D eigenvalue weighted by molar-refractivity contribution is 7.09. The minimum Gasteiger partial charge on any atom is -0.476 e. The summed E-state index contributed by atoms with van der Waals surface area (Å²) in [5.74, 6) is 2.08. The number of ether oxygens (including phenoxy) is 1. The van der Waals surface area contributed by atoms with E-state index in [1.54, 1.807) is 11.3 Å². The number of nitrogens with zero attached hydrogens (tertiary/aromatic N) is 1. The van der Waals surface area contributed by atoms with Crippen molar-refractivity contribution >= 4 is 22.8 Å². The zero-order chi connectivity index (χ0) is 13.8. The molecule has 0 aliphatic heterocycles. The zero-order valence-corrected chi connectivity index (χ0v) is 12.2. The van der Waals surface area contributed by atoms with Crippen LogP contribution in [-0.4, -0.2) is 18.1 Å². The summed E-state index contributed by atoms with van der Waals surface area (Å²) in [6.07, 6.45) is 3.53. The molecule has 2 aromatic rings. The topological polar surface area (TPSA) is 60.2 Å². The van der Waals surface area contributed by atoms with E-state index in [9.17, 15) is 0 Å². The van der Waals surface area contributed by atoms with E-state index in [1.807, 2.05) is 12.1 Å². The number of hydrogen-bond acceptors (Lipinski definition) is 5. The van der Waals surface area contributed by atoms with E-state index in [1.165, 1.54) is 17.7 Å². The Morgan fingerprint density at radius 3 is 3.00 bits per heavy atom. The molecule has 1 fully saturated rings. The number of pyridine rings is 1. The number of rotatable bonds is 7. The van der Waals surface area contributed by atoms with Gasteiger partial charge in [-0.1, -0.05) is 6.07 Å². The molecule has 5 heteroatoms. The highest BCUT2D eigenvalue weighted by Crippen LogP contribution is 2.30. The van der Waals surface area contributed by atoms with Crippen LogP contribution in [0.15, 0.2) is 29.6 Å². The van der Waals surface area contributed by atoms with Crippen molar-refractivity contribution in [1.82, 2.24) is 4.98 Å². The smallest absolute Gasteiger partial charge is 0.239 e. The highest BCUT2D eigenvalue weighted by Gasteiger charge is 2.22. The number of anilines is 2. The summed E-state index contributed by atoms with van der Waals surface area (Å²) < 4.78 is 5.68. The van der Waals surface area contributed by atoms with Gasteiger partial charge in [-0.3, -0.25) is 0 Å². The van der Waals surface area contributed by atoms with E-state index < -0.39 is 0 Å². The first-order valence-corrected chi connectivity index (χ1v) is 7.85. The van der Waals surface area contributed by atoms with Gasteiger partial charge in [0.05, 0.1) is 12.3 Å². The molecule has 3 N–H and O–H groups in total. The normalized spacial score (nSPS) is 14.2. The molecule has 0 bridgehead atoms. The molecule has 0 saturated heterocycles. The lowest BCUT2D eigenvalue weighted by atomic mass is 10.3. The summed E-state index contributed by atoms with van der Waals surface area (Å²) in [6, 6.07) is 7.97. The molecule has 2 heterocycles. The van der Waals surface area contributed by atoms with Crippen molar-refractivity contribution in [3.05, 3.63) is 34.5 Å². The SMILES string of the molecule is Nc1ccc(NCCc2cccs2)nc1OCC1CC1. The van der Waals surface area contributed by atoms with Crippen LogP contribution in [0.3, 0.4) is 0 Å². The molecule has 0 unspecified atom stereocenters. The number of thiophene rings is 1. The van der Waals surface area contributed by atoms with Crippen molar-refractivity contribution in [3.63, 3.8) is 0 Å². The second kappa shape index (κ2) is 6.13. The van der Waals surface area contributed by atoms with Crippen molar-refractivity contribution in [2.24, 2.45) is 5.92 Å². The van der Waals surface area contributed by atoms with Gasteiger partial charge in [0.1, 0.15) is 5.82 Å². The van der Waals surface area contributed by atoms with Crippen LogP contribution in [0.4, 0.5) is 11.5 Å². The van der Waals surface area contributed by atoms with Crippen LogP contribution in [0.1, 0.15) is 17.7 Å². The van der Waals surface area contributed by atoms with Gasteiger partial charge in [0, 0.05) is 11.4 Å². The highest BCUT2D eigenvalue weighted by atomic mass is 32.1. The first-order chi connectivity index (χ1) is 9.81. The third kappa shape index (κ3) is 3.63. The molecule has 4 nitrogen and oxygen atoms in total. The summed E-state index contributed by atoms with van der Waals surface area (Å²) in [4.78, 5) is 5.81. The van der Waals surface area contributed by atoms with Gasteiger partial charge in [0.25, 0.3) is 0 Å². The van der Waals surface area contributed by atoms with Crippen molar-refractivity contribution in [3.8, 4) is 5.88 Å². The number of nitrogens with one attached hydrogen (secondary N) is 1. The van der Waals surface area contributed by atoms with E-state index in [4.69, 9.17) is 10.5 Å². The minimum absolute atomic E-state index is 0.554. The second-order valence-electron chi connectivity index (χ2n) is 5.10. The largest absolute Gasteiger partial charge is 0.476 e. The number of nitrogens with two attached hydrogens (primary N) is 1. The van der Waals surface area contributed by atoms with Crippen molar-refractivity contribution in [2.45, 2.75) is 19.3 Å². The van der Waals surface area contributed by atoms with Crippen LogP contribution >= 0.6 is 11.3 Å². The molecule has 0 amide bonds. The average Bonchev–Trinajstić information content (AvgIpc) is 3.14.